The van der Waals surface area contributed by atoms with E-state index in [1.54, 1.807) is 18.0 Å². The molecular formula is C29H32N4OS. The third-order valence-corrected chi connectivity index (χ3v) is 8.04. The van der Waals surface area contributed by atoms with E-state index >= 15 is 0 Å². The average Bonchev–Trinajstić information content (AvgIpc) is 3.23. The van der Waals surface area contributed by atoms with E-state index < -0.39 is 0 Å². The predicted octanol–water partition coefficient (Wildman–Crippen LogP) is 6.39. The van der Waals surface area contributed by atoms with E-state index in [-0.39, 0.29) is 5.91 Å². The van der Waals surface area contributed by atoms with Crippen LogP contribution in [0.4, 0.5) is 0 Å². The normalized spacial score (nSPS) is 18.0. The highest BCUT2D eigenvalue weighted by atomic mass is 32.2. The number of imidazole rings is 1. The summed E-state index contributed by atoms with van der Waals surface area (Å²) in [6, 6.07) is 18.9. The van der Waals surface area contributed by atoms with Crippen molar-refractivity contribution in [1.29, 1.82) is 0 Å². The number of rotatable bonds is 7. The van der Waals surface area contributed by atoms with Crippen molar-refractivity contribution < 1.29 is 4.79 Å². The summed E-state index contributed by atoms with van der Waals surface area (Å²) in [5.74, 6) is 1.37. The Bertz CT molecular complexity index is 1300. The molecule has 5 rings (SSSR count). The van der Waals surface area contributed by atoms with Crippen molar-refractivity contribution in [3.8, 4) is 0 Å². The molecule has 35 heavy (non-hydrogen) atoms. The first-order chi connectivity index (χ1) is 17.1. The molecular weight excluding hydrogens is 452 g/mol. The van der Waals surface area contributed by atoms with E-state index in [1.165, 1.54) is 36.0 Å². The number of hydrogen-bond acceptors (Lipinski definition) is 4. The number of pyridine rings is 1. The van der Waals surface area contributed by atoms with Crippen molar-refractivity contribution in [3.05, 3.63) is 89.2 Å². The topological polar surface area (TPSA) is 59.8 Å². The van der Waals surface area contributed by atoms with Gasteiger partial charge < -0.3 is 9.88 Å². The molecule has 2 aromatic heterocycles. The third-order valence-electron chi connectivity index (χ3n) is 6.99. The molecule has 0 radical (unpaired) electrons. The van der Waals surface area contributed by atoms with Crippen molar-refractivity contribution in [1.82, 2.24) is 19.9 Å². The fourth-order valence-corrected chi connectivity index (χ4v) is 5.74. The molecule has 2 heterocycles. The zero-order valence-electron chi connectivity index (χ0n) is 20.4. The van der Waals surface area contributed by atoms with Gasteiger partial charge in [0, 0.05) is 23.6 Å². The summed E-state index contributed by atoms with van der Waals surface area (Å²) in [4.78, 5) is 22.0. The highest BCUT2D eigenvalue weighted by molar-refractivity contribution is 7.98. The molecule has 1 aliphatic rings. The molecule has 180 valence electrons. The van der Waals surface area contributed by atoms with E-state index in [0.29, 0.717) is 12.0 Å². The number of thioether (sulfide) groups is 1. The van der Waals surface area contributed by atoms with Gasteiger partial charge >= 0.3 is 0 Å². The zero-order chi connectivity index (χ0) is 24.2. The van der Waals surface area contributed by atoms with Crippen LogP contribution in [0.1, 0.15) is 59.7 Å². The Balaban J connectivity index is 1.27. The van der Waals surface area contributed by atoms with Gasteiger partial charge in [-0.25, -0.2) is 4.98 Å². The smallest absolute Gasteiger partial charge is 0.251 e. The summed E-state index contributed by atoms with van der Waals surface area (Å²) in [6.45, 7) is 5.10. The van der Waals surface area contributed by atoms with Crippen molar-refractivity contribution in [2.45, 2.75) is 63.0 Å². The van der Waals surface area contributed by atoms with Crippen LogP contribution in [0.3, 0.4) is 0 Å². The van der Waals surface area contributed by atoms with Gasteiger partial charge in [-0.15, -0.1) is 0 Å². The monoisotopic (exact) mass is 484 g/mol. The minimum Gasteiger partial charge on any atom is -0.349 e. The highest BCUT2D eigenvalue weighted by Gasteiger charge is 2.23. The van der Waals surface area contributed by atoms with Crippen molar-refractivity contribution in [2.24, 2.45) is 5.92 Å². The minimum atomic E-state index is 0.0374. The Hall–Kier alpha value is -3.12. The first kappa shape index (κ1) is 23.6. The maximum Gasteiger partial charge on any atom is 0.251 e. The standard InChI is InChI=1S/C29H32N4OS/c1-20-7-9-22(10-8-20)18-33-27-17-30-16-15-26(27)32-29(33)35-19-23-11-13-24(14-12-23)28(34)31-25-6-4-3-5-21(25)2/h7-17,21,25H,3-6,18-19H2,1-2H3,(H,31,34). The van der Waals surface area contributed by atoms with Crippen LogP contribution in [-0.2, 0) is 12.3 Å². The van der Waals surface area contributed by atoms with Gasteiger partial charge in [-0.2, -0.15) is 0 Å². The van der Waals surface area contributed by atoms with Crippen molar-refractivity contribution in [3.63, 3.8) is 0 Å². The van der Waals surface area contributed by atoms with Crippen LogP contribution < -0.4 is 5.32 Å². The largest absolute Gasteiger partial charge is 0.349 e. The van der Waals surface area contributed by atoms with E-state index in [4.69, 9.17) is 4.98 Å². The number of fused-ring (bicyclic) bond motifs is 1. The Morgan fingerprint density at radius 3 is 2.54 bits per heavy atom. The van der Waals surface area contributed by atoms with Crippen LogP contribution in [-0.4, -0.2) is 26.5 Å². The fourth-order valence-electron chi connectivity index (χ4n) is 4.77. The first-order valence-corrected chi connectivity index (χ1v) is 13.4. The molecule has 0 bridgehead atoms. The summed E-state index contributed by atoms with van der Waals surface area (Å²) in [5, 5.41) is 4.22. The number of amides is 1. The van der Waals surface area contributed by atoms with Crippen LogP contribution in [0.15, 0.2) is 72.1 Å². The van der Waals surface area contributed by atoms with Gasteiger partial charge in [0.15, 0.2) is 5.16 Å². The Labute approximate surface area is 211 Å². The lowest BCUT2D eigenvalue weighted by Crippen LogP contribution is -2.41. The van der Waals surface area contributed by atoms with Gasteiger partial charge in [0.25, 0.3) is 5.91 Å². The first-order valence-electron chi connectivity index (χ1n) is 12.5. The molecule has 1 fully saturated rings. The van der Waals surface area contributed by atoms with Crippen LogP contribution in [0.5, 0.6) is 0 Å². The van der Waals surface area contributed by atoms with E-state index in [9.17, 15) is 4.79 Å². The molecule has 1 saturated carbocycles. The number of aryl methyl sites for hydroxylation is 1. The molecule has 1 amide bonds. The molecule has 0 spiro atoms. The SMILES string of the molecule is Cc1ccc(Cn2c(SCc3ccc(C(=O)NC4CCCCC4C)cc3)nc3ccncc32)cc1. The second-order valence-electron chi connectivity index (χ2n) is 9.66. The van der Waals surface area contributed by atoms with E-state index in [0.717, 1.165) is 40.5 Å². The Morgan fingerprint density at radius 2 is 1.77 bits per heavy atom. The summed E-state index contributed by atoms with van der Waals surface area (Å²) in [7, 11) is 0. The van der Waals surface area contributed by atoms with Crippen molar-refractivity contribution >= 4 is 28.7 Å². The van der Waals surface area contributed by atoms with Crippen LogP contribution in [0.25, 0.3) is 11.0 Å². The Kier molecular flexibility index (Phi) is 7.19. The molecule has 2 atom stereocenters. The third kappa shape index (κ3) is 5.59. The van der Waals surface area contributed by atoms with Crippen molar-refractivity contribution in [2.75, 3.05) is 0 Å². The number of benzene rings is 2. The lowest BCUT2D eigenvalue weighted by atomic mass is 9.86. The fraction of sp³-hybridized carbons (Fsp3) is 0.345. The second-order valence-corrected chi connectivity index (χ2v) is 10.6. The van der Waals surface area contributed by atoms with Gasteiger partial charge in [0.05, 0.1) is 23.8 Å². The molecule has 5 nitrogen and oxygen atoms in total. The van der Waals surface area contributed by atoms with Gasteiger partial charge in [-0.05, 0) is 55.0 Å². The molecule has 1 N–H and O–H groups in total. The molecule has 0 saturated heterocycles. The van der Waals surface area contributed by atoms with Crippen LogP contribution in [0.2, 0.25) is 0 Å². The molecule has 2 aromatic carbocycles. The Morgan fingerprint density at radius 1 is 1.03 bits per heavy atom. The van der Waals surface area contributed by atoms with Gasteiger partial charge in [0.2, 0.25) is 0 Å². The number of carbonyl (C=O) groups excluding carboxylic acids is 1. The average molecular weight is 485 g/mol. The molecule has 1 aliphatic carbocycles. The summed E-state index contributed by atoms with van der Waals surface area (Å²) in [5.41, 5.74) is 6.39. The van der Waals surface area contributed by atoms with Gasteiger partial charge in [-0.3, -0.25) is 9.78 Å². The number of nitrogens with zero attached hydrogens (tertiary/aromatic N) is 3. The van der Waals surface area contributed by atoms with Crippen LogP contribution >= 0.6 is 11.8 Å². The molecule has 2 unspecified atom stereocenters. The van der Waals surface area contributed by atoms with Crippen LogP contribution in [0, 0.1) is 12.8 Å². The summed E-state index contributed by atoms with van der Waals surface area (Å²) >= 11 is 1.71. The summed E-state index contributed by atoms with van der Waals surface area (Å²) < 4.78 is 2.24. The highest BCUT2D eigenvalue weighted by Crippen LogP contribution is 2.28. The van der Waals surface area contributed by atoms with Gasteiger partial charge in [0.1, 0.15) is 0 Å². The number of nitrogens with one attached hydrogen (secondary N) is 1. The maximum absolute atomic E-state index is 12.8. The quantitative estimate of drug-likeness (QED) is 0.309. The van der Waals surface area contributed by atoms with Gasteiger partial charge in [-0.1, -0.05) is 73.5 Å². The maximum atomic E-state index is 12.8. The lowest BCUT2D eigenvalue weighted by Gasteiger charge is -2.29. The number of aromatic nitrogens is 3. The van der Waals surface area contributed by atoms with E-state index in [2.05, 4.69) is 65.1 Å². The lowest BCUT2D eigenvalue weighted by molar-refractivity contribution is 0.0910. The predicted molar refractivity (Wildman–Crippen MR) is 143 cm³/mol. The molecule has 0 aliphatic heterocycles. The van der Waals surface area contributed by atoms with E-state index in [1.807, 2.05) is 24.4 Å². The molecule has 6 heteroatoms. The zero-order valence-corrected chi connectivity index (χ0v) is 21.2. The second kappa shape index (κ2) is 10.6. The summed E-state index contributed by atoms with van der Waals surface area (Å²) in [6.07, 6.45) is 8.44. The minimum absolute atomic E-state index is 0.0374. The number of hydrogen-bond donors (Lipinski definition) is 1. The molecule has 4 aromatic rings. The number of carbonyl (C=O) groups is 1.